The standard InChI is InChI=1S/C15H16N2O6/c1-8-12(5-6-21-9(2)18)14(22-10(3)19)17-15(13(8)7-16)23-11(4)20/h5-6H2,1-4H3. The summed E-state index contributed by atoms with van der Waals surface area (Å²) in [6, 6.07) is 1.90. The lowest BCUT2D eigenvalue weighted by Crippen LogP contribution is -2.14. The number of carbonyl (C=O) groups is 3. The van der Waals surface area contributed by atoms with E-state index in [2.05, 4.69) is 4.98 Å². The van der Waals surface area contributed by atoms with Crippen LogP contribution in [0.15, 0.2) is 0 Å². The number of hydrogen-bond donors (Lipinski definition) is 0. The minimum Gasteiger partial charge on any atom is -0.466 e. The summed E-state index contributed by atoms with van der Waals surface area (Å²) in [4.78, 5) is 37.1. The Morgan fingerprint density at radius 1 is 1.04 bits per heavy atom. The Labute approximate surface area is 133 Å². The van der Waals surface area contributed by atoms with Gasteiger partial charge in [-0.1, -0.05) is 0 Å². The molecule has 8 nitrogen and oxygen atoms in total. The lowest BCUT2D eigenvalue weighted by Gasteiger charge is -2.14. The first kappa shape index (κ1) is 18.1. The molecule has 0 N–H and O–H groups in total. The molecule has 122 valence electrons. The number of hydrogen-bond acceptors (Lipinski definition) is 8. The van der Waals surface area contributed by atoms with Crippen molar-refractivity contribution in [3.8, 4) is 17.8 Å². The monoisotopic (exact) mass is 320 g/mol. The predicted octanol–water partition coefficient (Wildman–Crippen LogP) is 1.22. The van der Waals surface area contributed by atoms with Crippen LogP contribution in [0, 0.1) is 18.3 Å². The van der Waals surface area contributed by atoms with Crippen LogP contribution < -0.4 is 9.47 Å². The van der Waals surface area contributed by atoms with E-state index in [1.807, 2.05) is 6.07 Å². The number of esters is 3. The van der Waals surface area contributed by atoms with Crippen molar-refractivity contribution >= 4 is 17.9 Å². The normalized spacial score (nSPS) is 9.70. The molecule has 0 saturated heterocycles. The van der Waals surface area contributed by atoms with E-state index in [1.54, 1.807) is 6.92 Å². The molecule has 0 spiro atoms. The SMILES string of the molecule is CC(=O)OCCc1c(OC(C)=O)nc(OC(C)=O)c(C#N)c1C. The van der Waals surface area contributed by atoms with Gasteiger partial charge in [0, 0.05) is 32.8 Å². The van der Waals surface area contributed by atoms with E-state index in [0.29, 0.717) is 11.1 Å². The van der Waals surface area contributed by atoms with Gasteiger partial charge in [-0.05, 0) is 12.5 Å². The van der Waals surface area contributed by atoms with Crippen molar-refractivity contribution in [1.29, 1.82) is 5.26 Å². The van der Waals surface area contributed by atoms with Gasteiger partial charge >= 0.3 is 17.9 Å². The van der Waals surface area contributed by atoms with Crippen LogP contribution in [-0.4, -0.2) is 29.5 Å². The molecule has 0 bridgehead atoms. The van der Waals surface area contributed by atoms with E-state index in [9.17, 15) is 19.6 Å². The van der Waals surface area contributed by atoms with Gasteiger partial charge < -0.3 is 14.2 Å². The first-order valence-corrected chi connectivity index (χ1v) is 6.70. The molecule has 0 radical (unpaired) electrons. The largest absolute Gasteiger partial charge is 0.466 e. The van der Waals surface area contributed by atoms with Gasteiger partial charge in [0.05, 0.1) is 6.61 Å². The minimum absolute atomic E-state index is 0.0316. The molecule has 23 heavy (non-hydrogen) atoms. The average Bonchev–Trinajstić information content (AvgIpc) is 2.40. The van der Waals surface area contributed by atoms with Gasteiger partial charge in [0.1, 0.15) is 11.6 Å². The second-order valence-electron chi connectivity index (χ2n) is 4.59. The Morgan fingerprint density at radius 3 is 2.09 bits per heavy atom. The third-order valence-corrected chi connectivity index (χ3v) is 2.75. The van der Waals surface area contributed by atoms with Crippen molar-refractivity contribution in [1.82, 2.24) is 4.98 Å². The van der Waals surface area contributed by atoms with Crippen LogP contribution in [-0.2, 0) is 25.5 Å². The summed E-state index contributed by atoms with van der Waals surface area (Å²) in [6.07, 6.45) is 0.191. The Balaban J connectivity index is 3.34. The summed E-state index contributed by atoms with van der Waals surface area (Å²) in [5.41, 5.74) is 0.907. The van der Waals surface area contributed by atoms with Crippen LogP contribution in [0.25, 0.3) is 0 Å². The smallest absolute Gasteiger partial charge is 0.309 e. The molecule has 0 atom stereocenters. The van der Waals surface area contributed by atoms with E-state index < -0.39 is 17.9 Å². The summed E-state index contributed by atoms with van der Waals surface area (Å²) in [6.45, 7) is 5.25. The first-order valence-electron chi connectivity index (χ1n) is 6.70. The van der Waals surface area contributed by atoms with Crippen LogP contribution >= 0.6 is 0 Å². The highest BCUT2D eigenvalue weighted by Gasteiger charge is 2.21. The molecule has 0 aliphatic heterocycles. The lowest BCUT2D eigenvalue weighted by atomic mass is 10.0. The summed E-state index contributed by atoms with van der Waals surface area (Å²) in [5, 5.41) is 9.25. The Bertz CT molecular complexity index is 690. The highest BCUT2D eigenvalue weighted by molar-refractivity contribution is 5.72. The molecule has 0 aliphatic rings. The molecule has 1 rings (SSSR count). The minimum atomic E-state index is -0.658. The van der Waals surface area contributed by atoms with Gasteiger partial charge in [-0.2, -0.15) is 10.2 Å². The van der Waals surface area contributed by atoms with Crippen molar-refractivity contribution in [3.05, 3.63) is 16.7 Å². The number of nitriles is 1. The molecular weight excluding hydrogens is 304 g/mol. The highest BCUT2D eigenvalue weighted by atomic mass is 16.6. The molecule has 0 unspecified atom stereocenters. The van der Waals surface area contributed by atoms with Gasteiger partial charge in [-0.3, -0.25) is 14.4 Å². The highest BCUT2D eigenvalue weighted by Crippen LogP contribution is 2.30. The van der Waals surface area contributed by atoms with Gasteiger partial charge in [-0.25, -0.2) is 0 Å². The lowest BCUT2D eigenvalue weighted by molar-refractivity contribution is -0.141. The third-order valence-electron chi connectivity index (χ3n) is 2.75. The molecule has 1 aromatic heterocycles. The molecule has 1 heterocycles. The molecule has 0 saturated carbocycles. The van der Waals surface area contributed by atoms with E-state index in [-0.39, 0.29) is 30.4 Å². The van der Waals surface area contributed by atoms with Crippen molar-refractivity contribution in [3.63, 3.8) is 0 Å². The Hall–Kier alpha value is -2.95. The van der Waals surface area contributed by atoms with E-state index in [1.165, 1.54) is 13.8 Å². The van der Waals surface area contributed by atoms with E-state index >= 15 is 0 Å². The Kier molecular flexibility index (Phi) is 6.21. The van der Waals surface area contributed by atoms with Crippen molar-refractivity contribution in [2.45, 2.75) is 34.1 Å². The zero-order chi connectivity index (χ0) is 17.6. The maximum Gasteiger partial charge on any atom is 0.309 e. The van der Waals surface area contributed by atoms with Gasteiger partial charge in [-0.15, -0.1) is 0 Å². The van der Waals surface area contributed by atoms with Crippen LogP contribution in [0.3, 0.4) is 0 Å². The summed E-state index contributed by atoms with van der Waals surface area (Å²) in [7, 11) is 0. The van der Waals surface area contributed by atoms with Crippen LogP contribution in [0.5, 0.6) is 11.8 Å². The number of pyridine rings is 1. The number of nitrogens with zero attached hydrogens (tertiary/aromatic N) is 2. The topological polar surface area (TPSA) is 116 Å². The van der Waals surface area contributed by atoms with Crippen molar-refractivity contribution in [2.75, 3.05) is 6.61 Å². The van der Waals surface area contributed by atoms with Gasteiger partial charge in [0.15, 0.2) is 0 Å². The fourth-order valence-corrected chi connectivity index (χ4v) is 1.84. The zero-order valence-electron chi connectivity index (χ0n) is 13.3. The maximum absolute atomic E-state index is 11.2. The first-order chi connectivity index (χ1) is 10.8. The van der Waals surface area contributed by atoms with E-state index in [0.717, 1.165) is 6.92 Å². The number of rotatable bonds is 5. The van der Waals surface area contributed by atoms with Gasteiger partial charge in [0.25, 0.3) is 0 Å². The average molecular weight is 320 g/mol. The second-order valence-corrected chi connectivity index (χ2v) is 4.59. The quantitative estimate of drug-likeness (QED) is 0.743. The zero-order valence-corrected chi connectivity index (χ0v) is 13.3. The predicted molar refractivity (Wildman–Crippen MR) is 76.6 cm³/mol. The molecule has 0 aromatic carbocycles. The summed E-state index contributed by atoms with van der Waals surface area (Å²) < 4.78 is 14.8. The summed E-state index contributed by atoms with van der Waals surface area (Å²) >= 11 is 0. The maximum atomic E-state index is 11.2. The number of ether oxygens (including phenoxy) is 3. The van der Waals surface area contributed by atoms with Gasteiger partial charge in [0.2, 0.25) is 11.8 Å². The second kappa shape index (κ2) is 7.89. The number of aromatic nitrogens is 1. The third kappa shape index (κ3) is 5.07. The Morgan fingerprint density at radius 2 is 1.61 bits per heavy atom. The summed E-state index contributed by atoms with van der Waals surface area (Å²) in [5.74, 6) is -2.05. The van der Waals surface area contributed by atoms with Crippen LogP contribution in [0.1, 0.15) is 37.5 Å². The fraction of sp³-hybridized carbons (Fsp3) is 0.400. The van der Waals surface area contributed by atoms with Crippen LogP contribution in [0.2, 0.25) is 0 Å². The molecule has 1 aromatic rings. The number of carbonyl (C=O) groups excluding carboxylic acids is 3. The van der Waals surface area contributed by atoms with Crippen molar-refractivity contribution in [2.24, 2.45) is 0 Å². The molecule has 8 heteroatoms. The molecule has 0 aliphatic carbocycles. The molecule has 0 fully saturated rings. The molecular formula is C15H16N2O6. The van der Waals surface area contributed by atoms with Crippen LogP contribution in [0.4, 0.5) is 0 Å². The van der Waals surface area contributed by atoms with E-state index in [4.69, 9.17) is 14.2 Å². The fourth-order valence-electron chi connectivity index (χ4n) is 1.84. The van der Waals surface area contributed by atoms with Crippen molar-refractivity contribution < 1.29 is 28.6 Å². The molecule has 0 amide bonds.